The number of benzene rings is 2. The smallest absolute Gasteiger partial charge is 0.214 e. The molecule has 0 spiro atoms. The Hall–Kier alpha value is -2.82. The Balaban J connectivity index is 2.19. The molecule has 0 unspecified atom stereocenters. The summed E-state index contributed by atoms with van der Waals surface area (Å²) >= 11 is 0. The maximum Gasteiger partial charge on any atom is 0.214 e. The molecule has 118 valence electrons. The molecule has 0 aliphatic carbocycles. The van der Waals surface area contributed by atoms with Crippen LogP contribution >= 0.6 is 0 Å². The van der Waals surface area contributed by atoms with Gasteiger partial charge in [0.2, 0.25) is 6.54 Å². The fourth-order valence-corrected chi connectivity index (χ4v) is 3.02. The highest BCUT2D eigenvalue weighted by atomic mass is 16.6. The van der Waals surface area contributed by atoms with Gasteiger partial charge in [-0.3, -0.25) is 10.1 Å². The van der Waals surface area contributed by atoms with Gasteiger partial charge in [0, 0.05) is 29.1 Å². The Kier molecular flexibility index (Phi) is 4.02. The van der Waals surface area contributed by atoms with Crippen LogP contribution in [0.4, 0.5) is 0 Å². The summed E-state index contributed by atoms with van der Waals surface area (Å²) in [7, 11) is 3.57. The molecular formula is C18H18N2O3. The Morgan fingerprint density at radius 1 is 1.22 bits per heavy atom. The second-order valence-corrected chi connectivity index (χ2v) is 5.56. The molecule has 3 aromatic rings. The fraction of sp³-hybridized carbons (Fsp3) is 0.222. The number of aryl methyl sites for hydroxylation is 1. The summed E-state index contributed by atoms with van der Waals surface area (Å²) in [6.07, 6.45) is 1.98. The van der Waals surface area contributed by atoms with Gasteiger partial charge in [-0.2, -0.15) is 0 Å². The van der Waals surface area contributed by atoms with E-state index in [1.54, 1.807) is 7.11 Å². The third-order valence-electron chi connectivity index (χ3n) is 4.14. The van der Waals surface area contributed by atoms with Gasteiger partial charge in [0.1, 0.15) is 5.75 Å². The van der Waals surface area contributed by atoms with E-state index >= 15 is 0 Å². The van der Waals surface area contributed by atoms with Gasteiger partial charge in [-0.1, -0.05) is 30.3 Å². The molecule has 5 heteroatoms. The van der Waals surface area contributed by atoms with E-state index < -0.39 is 0 Å². The minimum atomic E-state index is -0.290. The highest BCUT2D eigenvalue weighted by molar-refractivity contribution is 5.86. The molecule has 0 aliphatic rings. The number of ether oxygens (including phenoxy) is 1. The topological polar surface area (TPSA) is 57.3 Å². The number of nitrogens with zero attached hydrogens (tertiary/aromatic N) is 2. The van der Waals surface area contributed by atoms with E-state index in [4.69, 9.17) is 4.74 Å². The number of fused-ring (bicyclic) bond motifs is 1. The molecule has 0 saturated heterocycles. The molecular weight excluding hydrogens is 292 g/mol. The molecule has 0 fully saturated rings. The highest BCUT2D eigenvalue weighted by Crippen LogP contribution is 2.34. The van der Waals surface area contributed by atoms with Crippen LogP contribution in [0.2, 0.25) is 0 Å². The van der Waals surface area contributed by atoms with Crippen molar-refractivity contribution in [2.24, 2.45) is 7.05 Å². The summed E-state index contributed by atoms with van der Waals surface area (Å²) in [6.45, 7) is -0.139. The molecule has 0 N–H and O–H groups in total. The Morgan fingerprint density at radius 2 is 1.96 bits per heavy atom. The number of nitro groups is 1. The average Bonchev–Trinajstić information content (AvgIpc) is 2.89. The standard InChI is InChI=1S/C18H18N2O3/c1-19-11-17(15-10-14(23-2)8-9-18(15)19)16(12-20(21)22)13-6-4-3-5-7-13/h3-11,16H,12H2,1-2H3/t16-/m0/s1. The van der Waals surface area contributed by atoms with Gasteiger partial charge >= 0.3 is 0 Å². The van der Waals surface area contributed by atoms with Gasteiger partial charge in [0.15, 0.2) is 0 Å². The quantitative estimate of drug-likeness (QED) is 0.534. The van der Waals surface area contributed by atoms with Crippen LogP contribution in [0.15, 0.2) is 54.7 Å². The lowest BCUT2D eigenvalue weighted by atomic mass is 9.91. The Morgan fingerprint density at radius 3 is 2.61 bits per heavy atom. The first kappa shape index (κ1) is 15.1. The third-order valence-corrected chi connectivity index (χ3v) is 4.14. The normalized spacial score (nSPS) is 12.3. The van der Waals surface area contributed by atoms with Crippen LogP contribution in [-0.2, 0) is 7.05 Å². The third kappa shape index (κ3) is 2.90. The lowest BCUT2D eigenvalue weighted by molar-refractivity contribution is -0.481. The van der Waals surface area contributed by atoms with E-state index in [1.165, 1.54) is 0 Å². The number of rotatable bonds is 5. The minimum absolute atomic E-state index is 0.139. The minimum Gasteiger partial charge on any atom is -0.497 e. The number of aromatic nitrogens is 1. The molecule has 2 aromatic carbocycles. The number of hydrogen-bond acceptors (Lipinski definition) is 3. The maximum absolute atomic E-state index is 11.2. The first-order chi connectivity index (χ1) is 11.1. The number of hydrogen-bond donors (Lipinski definition) is 0. The van der Waals surface area contributed by atoms with Crippen molar-refractivity contribution in [1.29, 1.82) is 0 Å². The van der Waals surface area contributed by atoms with Gasteiger partial charge in [-0.25, -0.2) is 0 Å². The molecule has 0 aliphatic heterocycles. The molecule has 0 saturated carbocycles. The van der Waals surface area contributed by atoms with Crippen molar-refractivity contribution in [2.75, 3.05) is 13.7 Å². The summed E-state index contributed by atoms with van der Waals surface area (Å²) < 4.78 is 7.31. The molecule has 0 amide bonds. The molecule has 0 radical (unpaired) electrons. The van der Waals surface area contributed by atoms with E-state index in [9.17, 15) is 10.1 Å². The lowest BCUT2D eigenvalue weighted by Gasteiger charge is -2.13. The van der Waals surface area contributed by atoms with E-state index in [1.807, 2.05) is 66.3 Å². The largest absolute Gasteiger partial charge is 0.497 e. The van der Waals surface area contributed by atoms with Crippen molar-refractivity contribution in [1.82, 2.24) is 4.57 Å². The van der Waals surface area contributed by atoms with Gasteiger partial charge in [-0.15, -0.1) is 0 Å². The summed E-state index contributed by atoms with van der Waals surface area (Å²) in [5.41, 5.74) is 2.92. The first-order valence-electron chi connectivity index (χ1n) is 7.40. The van der Waals surface area contributed by atoms with Crippen molar-refractivity contribution < 1.29 is 9.66 Å². The molecule has 1 atom stereocenters. The van der Waals surface area contributed by atoms with E-state index in [0.29, 0.717) is 0 Å². The van der Waals surface area contributed by atoms with Crippen LogP contribution in [0.3, 0.4) is 0 Å². The molecule has 3 rings (SSSR count). The van der Waals surface area contributed by atoms with Crippen molar-refractivity contribution in [3.63, 3.8) is 0 Å². The summed E-state index contributed by atoms with van der Waals surface area (Å²) in [5.74, 6) is 0.458. The predicted octanol–water partition coefficient (Wildman–Crippen LogP) is 3.60. The average molecular weight is 310 g/mol. The highest BCUT2D eigenvalue weighted by Gasteiger charge is 2.24. The van der Waals surface area contributed by atoms with Crippen LogP contribution in [0.1, 0.15) is 17.0 Å². The molecule has 1 aromatic heterocycles. The van der Waals surface area contributed by atoms with E-state index in [2.05, 4.69) is 0 Å². The monoisotopic (exact) mass is 310 g/mol. The first-order valence-corrected chi connectivity index (χ1v) is 7.40. The van der Waals surface area contributed by atoms with Crippen molar-refractivity contribution >= 4 is 10.9 Å². The second-order valence-electron chi connectivity index (χ2n) is 5.56. The zero-order valence-electron chi connectivity index (χ0n) is 13.1. The van der Waals surface area contributed by atoms with E-state index in [0.717, 1.165) is 27.8 Å². The molecule has 23 heavy (non-hydrogen) atoms. The fourth-order valence-electron chi connectivity index (χ4n) is 3.02. The Labute approximate surface area is 134 Å². The number of methoxy groups -OCH3 is 1. The SMILES string of the molecule is COc1ccc2c(c1)c([C@@H](C[N+](=O)[O-])c1ccccc1)cn2C. The van der Waals surface area contributed by atoms with Crippen molar-refractivity contribution in [3.05, 3.63) is 76.0 Å². The van der Waals surface area contributed by atoms with Crippen molar-refractivity contribution in [2.45, 2.75) is 5.92 Å². The predicted molar refractivity (Wildman–Crippen MR) is 89.6 cm³/mol. The zero-order chi connectivity index (χ0) is 16.4. The van der Waals surface area contributed by atoms with Crippen LogP contribution in [0.25, 0.3) is 10.9 Å². The maximum atomic E-state index is 11.2. The summed E-state index contributed by atoms with van der Waals surface area (Å²) in [6, 6.07) is 15.4. The zero-order valence-corrected chi connectivity index (χ0v) is 13.1. The van der Waals surface area contributed by atoms with Gasteiger partial charge in [-0.05, 0) is 29.3 Å². The molecule has 0 bridgehead atoms. The van der Waals surface area contributed by atoms with Gasteiger partial charge in [0.25, 0.3) is 0 Å². The van der Waals surface area contributed by atoms with Crippen molar-refractivity contribution in [3.8, 4) is 5.75 Å². The van der Waals surface area contributed by atoms with E-state index in [-0.39, 0.29) is 17.4 Å². The lowest BCUT2D eigenvalue weighted by Crippen LogP contribution is -2.13. The molecule has 5 nitrogen and oxygen atoms in total. The summed E-state index contributed by atoms with van der Waals surface area (Å²) in [5, 5.41) is 12.2. The second kappa shape index (κ2) is 6.12. The van der Waals surface area contributed by atoms with Crippen LogP contribution in [0, 0.1) is 10.1 Å². The van der Waals surface area contributed by atoms with Crippen LogP contribution < -0.4 is 4.74 Å². The van der Waals surface area contributed by atoms with Crippen LogP contribution in [-0.4, -0.2) is 23.1 Å². The Bertz CT molecular complexity index is 840. The van der Waals surface area contributed by atoms with Gasteiger partial charge in [0.05, 0.1) is 13.0 Å². The van der Waals surface area contributed by atoms with Gasteiger partial charge < -0.3 is 9.30 Å². The van der Waals surface area contributed by atoms with Crippen LogP contribution in [0.5, 0.6) is 5.75 Å². The summed E-state index contributed by atoms with van der Waals surface area (Å²) in [4.78, 5) is 10.9. The molecule has 1 heterocycles.